The lowest BCUT2D eigenvalue weighted by molar-refractivity contribution is -0.117. The maximum absolute atomic E-state index is 13.8. The number of carbonyl (C=O) groups excluding carboxylic acids is 1. The summed E-state index contributed by atoms with van der Waals surface area (Å²) in [7, 11) is 1.85. The molecule has 1 N–H and O–H groups in total. The first-order chi connectivity index (χ1) is 10.3. The highest BCUT2D eigenvalue weighted by atomic mass is 32.2. The van der Waals surface area contributed by atoms with Crippen LogP contribution in [0.15, 0.2) is 23.1 Å². The van der Waals surface area contributed by atoms with Crippen LogP contribution >= 0.6 is 11.8 Å². The quantitative estimate of drug-likeness (QED) is 0.875. The minimum Gasteiger partial charge on any atom is -0.325 e. The van der Waals surface area contributed by atoms with Crippen molar-refractivity contribution in [2.45, 2.75) is 31.6 Å². The number of thioether (sulfide) groups is 1. The lowest BCUT2D eigenvalue weighted by atomic mass is 9.98. The van der Waals surface area contributed by atoms with Crippen LogP contribution in [0.2, 0.25) is 0 Å². The predicted molar refractivity (Wildman–Crippen MR) is 87.9 cm³/mol. The van der Waals surface area contributed by atoms with Gasteiger partial charge in [-0.3, -0.25) is 9.48 Å². The molecule has 0 unspecified atom stereocenters. The van der Waals surface area contributed by atoms with Crippen LogP contribution in [0.3, 0.4) is 0 Å². The summed E-state index contributed by atoms with van der Waals surface area (Å²) in [6.45, 7) is 5.66. The van der Waals surface area contributed by atoms with Crippen molar-refractivity contribution in [3.63, 3.8) is 0 Å². The molecule has 22 heavy (non-hydrogen) atoms. The van der Waals surface area contributed by atoms with Gasteiger partial charge in [0.2, 0.25) is 5.91 Å². The number of halogens is 1. The third kappa shape index (κ3) is 3.16. The first-order valence-electron chi connectivity index (χ1n) is 6.99. The van der Waals surface area contributed by atoms with Crippen LogP contribution < -0.4 is 5.32 Å². The van der Waals surface area contributed by atoms with Gasteiger partial charge in [0.25, 0.3) is 0 Å². The third-order valence-corrected chi connectivity index (χ3v) is 4.58. The number of hydrogen-bond acceptors (Lipinski definition) is 3. The Labute approximate surface area is 134 Å². The van der Waals surface area contributed by atoms with E-state index in [1.54, 1.807) is 16.8 Å². The Balaban J connectivity index is 2.20. The molecular formula is C16H20FN3OS. The molecule has 1 atom stereocenters. The molecule has 0 aliphatic rings. The number of rotatable bonds is 4. The van der Waals surface area contributed by atoms with Gasteiger partial charge in [0.1, 0.15) is 5.82 Å². The molecule has 0 aliphatic heterocycles. The summed E-state index contributed by atoms with van der Waals surface area (Å²) in [5.74, 6) is -0.848. The van der Waals surface area contributed by atoms with Crippen molar-refractivity contribution in [3.8, 4) is 0 Å². The molecule has 0 saturated carbocycles. The summed E-state index contributed by atoms with van der Waals surface area (Å²) in [5.41, 5.74) is 3.18. The van der Waals surface area contributed by atoms with E-state index in [0.29, 0.717) is 10.6 Å². The SMILES string of the molecule is CSc1ccc(NC(=O)[C@@H](C)c2c(C)nn(C)c2C)cc1F. The van der Waals surface area contributed by atoms with Crippen molar-refractivity contribution in [1.29, 1.82) is 0 Å². The first-order valence-corrected chi connectivity index (χ1v) is 8.22. The zero-order valence-corrected chi connectivity index (χ0v) is 14.2. The van der Waals surface area contributed by atoms with E-state index in [9.17, 15) is 9.18 Å². The molecule has 1 heterocycles. The van der Waals surface area contributed by atoms with E-state index in [4.69, 9.17) is 0 Å². The molecule has 0 spiro atoms. The minimum absolute atomic E-state index is 0.171. The fraction of sp³-hybridized carbons (Fsp3) is 0.375. The van der Waals surface area contributed by atoms with Crippen molar-refractivity contribution in [1.82, 2.24) is 9.78 Å². The van der Waals surface area contributed by atoms with Crippen LogP contribution in [-0.4, -0.2) is 21.9 Å². The smallest absolute Gasteiger partial charge is 0.231 e. The molecule has 1 aromatic heterocycles. The molecule has 0 radical (unpaired) electrons. The zero-order chi connectivity index (χ0) is 16.4. The van der Waals surface area contributed by atoms with E-state index in [0.717, 1.165) is 17.0 Å². The van der Waals surface area contributed by atoms with E-state index < -0.39 is 0 Å². The highest BCUT2D eigenvalue weighted by Crippen LogP contribution is 2.26. The molecule has 2 aromatic rings. The number of nitrogens with zero attached hydrogens (tertiary/aromatic N) is 2. The van der Waals surface area contributed by atoms with E-state index in [1.807, 2.05) is 34.1 Å². The van der Waals surface area contributed by atoms with E-state index in [-0.39, 0.29) is 17.6 Å². The molecule has 0 fully saturated rings. The van der Waals surface area contributed by atoms with Crippen LogP contribution in [0.4, 0.5) is 10.1 Å². The van der Waals surface area contributed by atoms with Gasteiger partial charge in [-0.15, -0.1) is 11.8 Å². The van der Waals surface area contributed by atoms with Gasteiger partial charge in [-0.05, 0) is 45.2 Å². The fourth-order valence-corrected chi connectivity index (χ4v) is 3.00. The molecular weight excluding hydrogens is 301 g/mol. The van der Waals surface area contributed by atoms with Gasteiger partial charge < -0.3 is 5.32 Å². The van der Waals surface area contributed by atoms with E-state index in [1.165, 1.54) is 17.8 Å². The summed E-state index contributed by atoms with van der Waals surface area (Å²) in [4.78, 5) is 13.0. The Kier molecular flexibility index (Phi) is 4.90. The second-order valence-corrected chi connectivity index (χ2v) is 6.12. The Bertz CT molecular complexity index is 712. The molecule has 6 heteroatoms. The van der Waals surface area contributed by atoms with Crippen LogP contribution in [0.25, 0.3) is 0 Å². The monoisotopic (exact) mass is 321 g/mol. The second kappa shape index (κ2) is 6.52. The van der Waals surface area contributed by atoms with Crippen LogP contribution in [0.5, 0.6) is 0 Å². The van der Waals surface area contributed by atoms with Crippen molar-refractivity contribution >= 4 is 23.4 Å². The summed E-state index contributed by atoms with van der Waals surface area (Å²) < 4.78 is 15.5. The number of amides is 1. The molecule has 4 nitrogen and oxygen atoms in total. The highest BCUT2D eigenvalue weighted by molar-refractivity contribution is 7.98. The number of benzene rings is 1. The van der Waals surface area contributed by atoms with Crippen LogP contribution in [0, 0.1) is 19.7 Å². The molecule has 1 aromatic carbocycles. The average Bonchev–Trinajstić information content (AvgIpc) is 2.71. The Morgan fingerprint density at radius 3 is 2.59 bits per heavy atom. The molecule has 0 aliphatic carbocycles. The van der Waals surface area contributed by atoms with Gasteiger partial charge in [-0.1, -0.05) is 0 Å². The molecule has 0 saturated heterocycles. The minimum atomic E-state index is -0.350. The normalized spacial score (nSPS) is 12.3. The predicted octanol–water partition coefficient (Wildman–Crippen LogP) is 3.64. The van der Waals surface area contributed by atoms with Gasteiger partial charge in [0, 0.05) is 28.9 Å². The lowest BCUT2D eigenvalue weighted by Gasteiger charge is -2.13. The first kappa shape index (κ1) is 16.5. The number of anilines is 1. The van der Waals surface area contributed by atoms with Gasteiger partial charge >= 0.3 is 0 Å². The van der Waals surface area contributed by atoms with E-state index >= 15 is 0 Å². The average molecular weight is 321 g/mol. The van der Waals surface area contributed by atoms with Gasteiger partial charge in [0.15, 0.2) is 0 Å². The van der Waals surface area contributed by atoms with E-state index in [2.05, 4.69) is 10.4 Å². The standard InChI is InChI=1S/C16H20FN3OS/c1-9(15-10(2)19-20(4)11(15)3)16(21)18-12-6-7-14(22-5)13(17)8-12/h6-9H,1-5H3,(H,18,21)/t9-/m0/s1. The maximum atomic E-state index is 13.8. The van der Waals surface area contributed by atoms with Crippen molar-refractivity contribution < 1.29 is 9.18 Å². The lowest BCUT2D eigenvalue weighted by Crippen LogP contribution is -2.20. The van der Waals surface area contributed by atoms with Gasteiger partial charge in [0.05, 0.1) is 11.6 Å². The highest BCUT2D eigenvalue weighted by Gasteiger charge is 2.22. The Hall–Kier alpha value is -1.82. The third-order valence-electron chi connectivity index (χ3n) is 3.81. The number of hydrogen-bond donors (Lipinski definition) is 1. The Morgan fingerprint density at radius 2 is 2.09 bits per heavy atom. The van der Waals surface area contributed by atoms with Gasteiger partial charge in [-0.2, -0.15) is 5.10 Å². The summed E-state index contributed by atoms with van der Waals surface area (Å²) in [5, 5.41) is 7.10. The van der Waals surface area contributed by atoms with Crippen molar-refractivity contribution in [3.05, 3.63) is 41.0 Å². The number of carbonyl (C=O) groups is 1. The zero-order valence-electron chi connectivity index (χ0n) is 13.4. The maximum Gasteiger partial charge on any atom is 0.231 e. The summed E-state index contributed by atoms with van der Waals surface area (Å²) >= 11 is 1.33. The van der Waals surface area contributed by atoms with Crippen molar-refractivity contribution in [2.24, 2.45) is 7.05 Å². The summed E-state index contributed by atoms with van der Waals surface area (Å²) in [6, 6.07) is 4.72. The fourth-order valence-electron chi connectivity index (χ4n) is 2.54. The molecule has 118 valence electrons. The second-order valence-electron chi connectivity index (χ2n) is 5.27. The topological polar surface area (TPSA) is 46.9 Å². The molecule has 0 bridgehead atoms. The van der Waals surface area contributed by atoms with Gasteiger partial charge in [-0.25, -0.2) is 4.39 Å². The number of aryl methyl sites for hydroxylation is 2. The molecule has 2 rings (SSSR count). The van der Waals surface area contributed by atoms with Crippen molar-refractivity contribution in [2.75, 3.05) is 11.6 Å². The number of aromatic nitrogens is 2. The largest absolute Gasteiger partial charge is 0.325 e. The Morgan fingerprint density at radius 1 is 1.41 bits per heavy atom. The molecule has 1 amide bonds. The number of nitrogens with one attached hydrogen (secondary N) is 1. The van der Waals surface area contributed by atoms with Crippen LogP contribution in [0.1, 0.15) is 29.8 Å². The van der Waals surface area contributed by atoms with Crippen LogP contribution in [-0.2, 0) is 11.8 Å². The summed E-state index contributed by atoms with van der Waals surface area (Å²) in [6.07, 6.45) is 1.81.